The summed E-state index contributed by atoms with van der Waals surface area (Å²) in [5, 5.41) is 2.79. The van der Waals surface area contributed by atoms with E-state index in [0.717, 1.165) is 22.4 Å². The van der Waals surface area contributed by atoms with Gasteiger partial charge in [0, 0.05) is 26.3 Å². The van der Waals surface area contributed by atoms with Crippen molar-refractivity contribution in [1.29, 1.82) is 0 Å². The molecule has 0 spiro atoms. The van der Waals surface area contributed by atoms with Gasteiger partial charge in [-0.1, -0.05) is 72.8 Å². The van der Waals surface area contributed by atoms with Crippen molar-refractivity contribution in [2.24, 2.45) is 0 Å². The zero-order valence-corrected chi connectivity index (χ0v) is 17.2. The van der Waals surface area contributed by atoms with E-state index in [-0.39, 0.29) is 12.5 Å². The third-order valence-electron chi connectivity index (χ3n) is 4.79. The number of hydrogen-bond donors (Lipinski definition) is 1. The lowest BCUT2D eigenvalue weighted by atomic mass is 9.91. The average molecular weight is 402 g/mol. The van der Waals surface area contributed by atoms with Crippen LogP contribution in [0.15, 0.2) is 84.9 Å². The highest BCUT2D eigenvalue weighted by Crippen LogP contribution is 2.25. The number of amides is 1. The van der Waals surface area contributed by atoms with Gasteiger partial charge in [0.05, 0.1) is 0 Å². The highest BCUT2D eigenvalue weighted by atomic mass is 16.5. The quantitative estimate of drug-likeness (QED) is 0.583. The monoisotopic (exact) mass is 402 g/mol. The van der Waals surface area contributed by atoms with Crippen LogP contribution in [-0.4, -0.2) is 32.6 Å². The first kappa shape index (κ1) is 21.1. The predicted octanol–water partition coefficient (Wildman–Crippen LogP) is 3.74. The van der Waals surface area contributed by atoms with Crippen molar-refractivity contribution in [3.63, 3.8) is 0 Å². The Bertz CT molecular complexity index is 915. The van der Waals surface area contributed by atoms with Gasteiger partial charge in [-0.3, -0.25) is 9.59 Å². The minimum absolute atomic E-state index is 0.315. The van der Waals surface area contributed by atoms with E-state index in [4.69, 9.17) is 4.74 Å². The van der Waals surface area contributed by atoms with Gasteiger partial charge < -0.3 is 15.0 Å². The fourth-order valence-corrected chi connectivity index (χ4v) is 3.14. The summed E-state index contributed by atoms with van der Waals surface area (Å²) in [7, 11) is 3.95. The molecular formula is C25H26N2O3. The molecular weight excluding hydrogens is 376 g/mol. The van der Waals surface area contributed by atoms with Crippen LogP contribution < -0.4 is 10.2 Å². The first-order valence-electron chi connectivity index (χ1n) is 9.84. The Balaban J connectivity index is 1.57. The predicted molar refractivity (Wildman–Crippen MR) is 118 cm³/mol. The van der Waals surface area contributed by atoms with Crippen molar-refractivity contribution in [2.75, 3.05) is 25.6 Å². The molecule has 1 amide bonds. The largest absolute Gasteiger partial charge is 0.455 e. The number of anilines is 1. The molecule has 0 aliphatic carbocycles. The van der Waals surface area contributed by atoms with Crippen LogP contribution in [0.5, 0.6) is 0 Å². The maximum Gasteiger partial charge on any atom is 0.318 e. The molecule has 0 radical (unpaired) electrons. The second kappa shape index (κ2) is 10.3. The summed E-state index contributed by atoms with van der Waals surface area (Å²) in [5.41, 5.74) is 3.73. The van der Waals surface area contributed by atoms with Crippen molar-refractivity contribution >= 4 is 17.6 Å². The molecule has 0 unspecified atom stereocenters. The van der Waals surface area contributed by atoms with E-state index in [1.54, 1.807) is 0 Å². The van der Waals surface area contributed by atoms with Crippen LogP contribution in [0.3, 0.4) is 0 Å². The Morgan fingerprint density at radius 3 is 1.87 bits per heavy atom. The maximum atomic E-state index is 12.8. The molecule has 3 aromatic rings. The van der Waals surface area contributed by atoms with Gasteiger partial charge >= 0.3 is 5.97 Å². The topological polar surface area (TPSA) is 58.6 Å². The highest BCUT2D eigenvalue weighted by Gasteiger charge is 2.24. The Morgan fingerprint density at radius 2 is 1.37 bits per heavy atom. The minimum Gasteiger partial charge on any atom is -0.455 e. The van der Waals surface area contributed by atoms with Crippen molar-refractivity contribution in [2.45, 2.75) is 12.5 Å². The van der Waals surface area contributed by atoms with Gasteiger partial charge in [-0.15, -0.1) is 0 Å². The summed E-state index contributed by atoms with van der Waals surface area (Å²) in [5.74, 6) is -1.35. The first-order chi connectivity index (χ1) is 14.5. The van der Waals surface area contributed by atoms with E-state index in [1.807, 2.05) is 104 Å². The van der Waals surface area contributed by atoms with E-state index >= 15 is 0 Å². The van der Waals surface area contributed by atoms with Gasteiger partial charge in [0.1, 0.15) is 5.92 Å². The van der Waals surface area contributed by atoms with Crippen LogP contribution in [0.4, 0.5) is 5.69 Å². The molecule has 30 heavy (non-hydrogen) atoms. The lowest BCUT2D eigenvalue weighted by Crippen LogP contribution is -2.29. The number of carbonyl (C=O) groups excluding carboxylic acids is 2. The molecule has 154 valence electrons. The van der Waals surface area contributed by atoms with Crippen LogP contribution in [0.25, 0.3) is 0 Å². The average Bonchev–Trinajstić information content (AvgIpc) is 2.78. The number of carbonyl (C=O) groups is 2. The summed E-state index contributed by atoms with van der Waals surface area (Å²) < 4.78 is 5.36. The standard InChI is InChI=1S/C25H26N2O3/c1-27(2)22-15-13-19(14-16-22)17-26-23(28)18-30-25(29)24(20-9-5-3-6-10-20)21-11-7-4-8-12-21/h3-16,24H,17-18H2,1-2H3,(H,26,28). The summed E-state index contributed by atoms with van der Waals surface area (Å²) >= 11 is 0. The number of benzene rings is 3. The van der Waals surface area contributed by atoms with E-state index in [2.05, 4.69) is 5.32 Å². The van der Waals surface area contributed by atoms with Crippen LogP contribution in [0.1, 0.15) is 22.6 Å². The van der Waals surface area contributed by atoms with Gasteiger partial charge in [0.15, 0.2) is 6.61 Å². The Kier molecular flexibility index (Phi) is 7.22. The Labute approximate surface area is 177 Å². The molecule has 0 saturated carbocycles. The van der Waals surface area contributed by atoms with Crippen LogP contribution in [0.2, 0.25) is 0 Å². The van der Waals surface area contributed by atoms with Gasteiger partial charge in [-0.25, -0.2) is 0 Å². The normalized spacial score (nSPS) is 10.5. The Morgan fingerprint density at radius 1 is 0.833 bits per heavy atom. The summed E-state index contributed by atoms with van der Waals surface area (Å²) in [6, 6.07) is 26.8. The van der Waals surface area contributed by atoms with Crippen molar-refractivity contribution in [1.82, 2.24) is 5.32 Å². The number of hydrogen-bond acceptors (Lipinski definition) is 4. The van der Waals surface area contributed by atoms with Crippen LogP contribution in [0, 0.1) is 0 Å². The molecule has 0 atom stereocenters. The lowest BCUT2D eigenvalue weighted by molar-refractivity contribution is -0.149. The van der Waals surface area contributed by atoms with E-state index in [1.165, 1.54) is 0 Å². The SMILES string of the molecule is CN(C)c1ccc(CNC(=O)COC(=O)C(c2ccccc2)c2ccccc2)cc1. The molecule has 0 heterocycles. The van der Waals surface area contributed by atoms with Gasteiger partial charge in [-0.2, -0.15) is 0 Å². The number of nitrogens with zero attached hydrogens (tertiary/aromatic N) is 1. The second-order valence-corrected chi connectivity index (χ2v) is 7.20. The van der Waals surface area contributed by atoms with Crippen molar-refractivity contribution in [3.05, 3.63) is 102 Å². The molecule has 5 heteroatoms. The number of esters is 1. The van der Waals surface area contributed by atoms with Crippen molar-refractivity contribution < 1.29 is 14.3 Å². The third kappa shape index (κ3) is 5.70. The minimum atomic E-state index is -0.571. The van der Waals surface area contributed by atoms with Crippen LogP contribution in [-0.2, 0) is 20.9 Å². The second-order valence-electron chi connectivity index (χ2n) is 7.20. The molecule has 0 bridgehead atoms. The van der Waals surface area contributed by atoms with E-state index in [0.29, 0.717) is 6.54 Å². The number of nitrogens with one attached hydrogen (secondary N) is 1. The smallest absolute Gasteiger partial charge is 0.318 e. The van der Waals surface area contributed by atoms with Gasteiger partial charge in [0.2, 0.25) is 0 Å². The summed E-state index contributed by atoms with van der Waals surface area (Å²) in [6.45, 7) is 0.0652. The Hall–Kier alpha value is -3.60. The molecule has 0 saturated heterocycles. The molecule has 3 rings (SSSR count). The van der Waals surface area contributed by atoms with Crippen molar-refractivity contribution in [3.8, 4) is 0 Å². The molecule has 3 aromatic carbocycles. The molecule has 0 aliphatic rings. The summed E-state index contributed by atoms with van der Waals surface area (Å²) in [6.07, 6.45) is 0. The fourth-order valence-electron chi connectivity index (χ4n) is 3.14. The molecule has 0 fully saturated rings. The maximum absolute atomic E-state index is 12.8. The number of rotatable bonds is 8. The highest BCUT2D eigenvalue weighted by molar-refractivity contribution is 5.85. The zero-order valence-electron chi connectivity index (χ0n) is 17.2. The van der Waals surface area contributed by atoms with Crippen LogP contribution >= 0.6 is 0 Å². The third-order valence-corrected chi connectivity index (χ3v) is 4.79. The molecule has 5 nitrogen and oxygen atoms in total. The zero-order chi connectivity index (χ0) is 21.3. The molecule has 0 aromatic heterocycles. The van der Waals surface area contributed by atoms with Gasteiger partial charge in [-0.05, 0) is 28.8 Å². The molecule has 1 N–H and O–H groups in total. The molecule has 0 aliphatic heterocycles. The fraction of sp³-hybridized carbons (Fsp3) is 0.200. The summed E-state index contributed by atoms with van der Waals surface area (Å²) in [4.78, 5) is 27.0. The first-order valence-corrected chi connectivity index (χ1v) is 9.84. The lowest BCUT2D eigenvalue weighted by Gasteiger charge is -2.17. The number of ether oxygens (including phenoxy) is 1. The van der Waals surface area contributed by atoms with Gasteiger partial charge in [0.25, 0.3) is 5.91 Å². The van der Waals surface area contributed by atoms with E-state index in [9.17, 15) is 9.59 Å². The van der Waals surface area contributed by atoms with E-state index < -0.39 is 11.9 Å².